The molecule has 0 radical (unpaired) electrons. The number of carbonyl (C=O) groups is 1. The second kappa shape index (κ2) is 7.16. The second-order valence-corrected chi connectivity index (χ2v) is 5.32. The number of methoxy groups -OCH3 is 1. The quantitative estimate of drug-likeness (QED) is 0.904. The van der Waals surface area contributed by atoms with E-state index in [1.54, 1.807) is 0 Å². The van der Waals surface area contributed by atoms with Gasteiger partial charge in [0.15, 0.2) is 17.3 Å². The molecule has 0 aliphatic carbocycles. The number of anilines is 1. The molecule has 2 heterocycles. The van der Waals surface area contributed by atoms with Crippen molar-refractivity contribution in [3.05, 3.63) is 36.2 Å². The monoisotopic (exact) mass is 329 g/mol. The Kier molecular flexibility index (Phi) is 4.79. The summed E-state index contributed by atoms with van der Waals surface area (Å²) in [4.78, 5) is 20.5. The average Bonchev–Trinajstić information content (AvgIpc) is 2.62. The SMILES string of the molecule is CCOc1cccc2c1OCC(C(=O)Nc1cnc(OC)cn1)C2. The first kappa shape index (κ1) is 16.0. The molecule has 1 aliphatic heterocycles. The minimum absolute atomic E-state index is 0.151. The van der Waals surface area contributed by atoms with Crippen molar-refractivity contribution >= 4 is 11.7 Å². The Hall–Kier alpha value is -2.83. The van der Waals surface area contributed by atoms with Crippen molar-refractivity contribution in [2.24, 2.45) is 5.92 Å². The van der Waals surface area contributed by atoms with Gasteiger partial charge in [-0.3, -0.25) is 4.79 Å². The second-order valence-electron chi connectivity index (χ2n) is 5.32. The van der Waals surface area contributed by atoms with Crippen LogP contribution in [0.2, 0.25) is 0 Å². The molecule has 1 aliphatic rings. The van der Waals surface area contributed by atoms with Gasteiger partial charge in [-0.25, -0.2) is 9.97 Å². The third kappa shape index (κ3) is 3.40. The molecule has 0 bridgehead atoms. The lowest BCUT2D eigenvalue weighted by Gasteiger charge is -2.26. The maximum atomic E-state index is 12.4. The molecule has 7 heteroatoms. The topological polar surface area (TPSA) is 82.6 Å². The van der Waals surface area contributed by atoms with Gasteiger partial charge in [-0.15, -0.1) is 0 Å². The molecular formula is C17H19N3O4. The number of ether oxygens (including phenoxy) is 3. The lowest BCUT2D eigenvalue weighted by atomic mass is 9.95. The van der Waals surface area contributed by atoms with Crippen LogP contribution in [0, 0.1) is 5.92 Å². The molecule has 7 nitrogen and oxygen atoms in total. The molecule has 1 aromatic heterocycles. The molecule has 24 heavy (non-hydrogen) atoms. The van der Waals surface area contributed by atoms with Gasteiger partial charge in [0.1, 0.15) is 6.61 Å². The number of rotatable bonds is 5. The Labute approximate surface area is 140 Å². The van der Waals surface area contributed by atoms with Gasteiger partial charge in [0.05, 0.1) is 32.0 Å². The highest BCUT2D eigenvalue weighted by Gasteiger charge is 2.28. The van der Waals surface area contributed by atoms with Gasteiger partial charge in [0.25, 0.3) is 0 Å². The Morgan fingerprint density at radius 1 is 1.38 bits per heavy atom. The van der Waals surface area contributed by atoms with E-state index in [0.717, 1.165) is 17.1 Å². The van der Waals surface area contributed by atoms with Crippen LogP contribution >= 0.6 is 0 Å². The number of para-hydroxylation sites is 1. The standard InChI is InChI=1S/C17H19N3O4/c1-3-23-13-6-4-5-11-7-12(10-24-16(11)13)17(21)20-14-8-19-15(22-2)9-18-14/h4-6,8-9,12H,3,7,10H2,1-2H3,(H,18,20,21). The van der Waals surface area contributed by atoms with Crippen LogP contribution in [-0.2, 0) is 11.2 Å². The van der Waals surface area contributed by atoms with Crippen LogP contribution in [0.5, 0.6) is 17.4 Å². The number of carbonyl (C=O) groups excluding carboxylic acids is 1. The Bertz CT molecular complexity index is 718. The summed E-state index contributed by atoms with van der Waals surface area (Å²) in [5, 5.41) is 2.75. The summed E-state index contributed by atoms with van der Waals surface area (Å²) in [6, 6.07) is 5.72. The minimum atomic E-state index is -0.293. The molecule has 126 valence electrons. The van der Waals surface area contributed by atoms with Crippen molar-refractivity contribution in [3.8, 4) is 17.4 Å². The van der Waals surface area contributed by atoms with E-state index in [1.807, 2.05) is 25.1 Å². The van der Waals surface area contributed by atoms with E-state index in [4.69, 9.17) is 14.2 Å². The molecule has 3 rings (SSSR count). The molecule has 0 fully saturated rings. The van der Waals surface area contributed by atoms with Crippen molar-refractivity contribution < 1.29 is 19.0 Å². The molecule has 1 aromatic carbocycles. The molecule has 1 unspecified atom stereocenters. The highest BCUT2D eigenvalue weighted by molar-refractivity contribution is 5.92. The van der Waals surface area contributed by atoms with E-state index in [-0.39, 0.29) is 11.8 Å². The number of benzene rings is 1. The fourth-order valence-electron chi connectivity index (χ4n) is 2.55. The first-order valence-electron chi connectivity index (χ1n) is 7.75. The smallest absolute Gasteiger partial charge is 0.232 e. The van der Waals surface area contributed by atoms with Gasteiger partial charge in [-0.1, -0.05) is 12.1 Å². The lowest BCUT2D eigenvalue weighted by Crippen LogP contribution is -2.33. The minimum Gasteiger partial charge on any atom is -0.490 e. The highest BCUT2D eigenvalue weighted by Crippen LogP contribution is 2.36. The Balaban J connectivity index is 1.68. The predicted octanol–water partition coefficient (Wildman–Crippen LogP) is 2.07. The molecular weight excluding hydrogens is 310 g/mol. The lowest BCUT2D eigenvalue weighted by molar-refractivity contribution is -0.121. The zero-order valence-corrected chi connectivity index (χ0v) is 13.6. The fourth-order valence-corrected chi connectivity index (χ4v) is 2.55. The first-order valence-corrected chi connectivity index (χ1v) is 7.75. The van der Waals surface area contributed by atoms with Crippen molar-refractivity contribution in [3.63, 3.8) is 0 Å². The van der Waals surface area contributed by atoms with Crippen LogP contribution < -0.4 is 19.5 Å². The number of nitrogens with one attached hydrogen (secondary N) is 1. The maximum absolute atomic E-state index is 12.4. The van der Waals surface area contributed by atoms with Gasteiger partial charge >= 0.3 is 0 Å². The largest absolute Gasteiger partial charge is 0.490 e. The summed E-state index contributed by atoms with van der Waals surface area (Å²) in [7, 11) is 1.51. The normalized spacial score (nSPS) is 15.8. The zero-order valence-electron chi connectivity index (χ0n) is 13.6. The highest BCUT2D eigenvalue weighted by atomic mass is 16.5. The van der Waals surface area contributed by atoms with Gasteiger partial charge in [-0.2, -0.15) is 0 Å². The average molecular weight is 329 g/mol. The van der Waals surface area contributed by atoms with Crippen LogP contribution in [0.15, 0.2) is 30.6 Å². The third-order valence-electron chi connectivity index (χ3n) is 3.71. The number of hydrogen-bond acceptors (Lipinski definition) is 6. The molecule has 1 amide bonds. The number of hydrogen-bond donors (Lipinski definition) is 1. The Morgan fingerprint density at radius 3 is 2.96 bits per heavy atom. The fraction of sp³-hybridized carbons (Fsp3) is 0.353. The van der Waals surface area contributed by atoms with Gasteiger partial charge in [0, 0.05) is 0 Å². The summed E-state index contributed by atoms with van der Waals surface area (Å²) >= 11 is 0. The van der Waals surface area contributed by atoms with Gasteiger partial charge in [-0.05, 0) is 25.0 Å². The van der Waals surface area contributed by atoms with Crippen molar-refractivity contribution in [1.82, 2.24) is 9.97 Å². The zero-order chi connectivity index (χ0) is 16.9. The third-order valence-corrected chi connectivity index (χ3v) is 3.71. The Morgan fingerprint density at radius 2 is 2.25 bits per heavy atom. The molecule has 0 saturated heterocycles. The maximum Gasteiger partial charge on any atom is 0.232 e. The molecule has 1 atom stereocenters. The number of amides is 1. The summed E-state index contributed by atoms with van der Waals surface area (Å²) in [5.41, 5.74) is 0.966. The van der Waals surface area contributed by atoms with E-state index in [0.29, 0.717) is 31.3 Å². The van der Waals surface area contributed by atoms with Crippen molar-refractivity contribution in [2.45, 2.75) is 13.3 Å². The van der Waals surface area contributed by atoms with Crippen LogP contribution in [0.1, 0.15) is 12.5 Å². The van der Waals surface area contributed by atoms with Crippen LogP contribution in [0.3, 0.4) is 0 Å². The summed E-state index contributed by atoms with van der Waals surface area (Å²) in [6.07, 6.45) is 3.50. The van der Waals surface area contributed by atoms with Crippen molar-refractivity contribution in [1.29, 1.82) is 0 Å². The summed E-state index contributed by atoms with van der Waals surface area (Å²) in [5.74, 6) is 1.78. The van der Waals surface area contributed by atoms with E-state index in [2.05, 4.69) is 15.3 Å². The van der Waals surface area contributed by atoms with E-state index < -0.39 is 0 Å². The summed E-state index contributed by atoms with van der Waals surface area (Å²) in [6.45, 7) is 2.79. The molecule has 2 aromatic rings. The first-order chi connectivity index (χ1) is 11.7. The van der Waals surface area contributed by atoms with Gasteiger partial charge in [0.2, 0.25) is 11.8 Å². The van der Waals surface area contributed by atoms with Crippen molar-refractivity contribution in [2.75, 3.05) is 25.6 Å². The van der Waals surface area contributed by atoms with Crippen LogP contribution in [0.4, 0.5) is 5.82 Å². The number of fused-ring (bicyclic) bond motifs is 1. The predicted molar refractivity (Wildman–Crippen MR) is 87.5 cm³/mol. The van der Waals surface area contributed by atoms with E-state index >= 15 is 0 Å². The molecule has 0 spiro atoms. The number of nitrogens with zero attached hydrogens (tertiary/aromatic N) is 2. The number of aromatic nitrogens is 2. The van der Waals surface area contributed by atoms with Crippen LogP contribution in [-0.4, -0.2) is 36.2 Å². The summed E-state index contributed by atoms with van der Waals surface area (Å²) < 4.78 is 16.3. The molecule has 1 N–H and O–H groups in total. The van der Waals surface area contributed by atoms with Gasteiger partial charge < -0.3 is 19.5 Å². The molecule has 0 saturated carbocycles. The van der Waals surface area contributed by atoms with E-state index in [1.165, 1.54) is 19.5 Å². The van der Waals surface area contributed by atoms with E-state index in [9.17, 15) is 4.79 Å². The van der Waals surface area contributed by atoms with Crippen LogP contribution in [0.25, 0.3) is 0 Å².